The van der Waals surface area contributed by atoms with E-state index in [9.17, 15) is 0 Å². The largest absolute Gasteiger partial charge is 0.308 e. The number of hydrogen-bond donors (Lipinski definition) is 1. The lowest BCUT2D eigenvalue weighted by atomic mass is 10.0. The molecule has 0 aliphatic heterocycles. The molecule has 1 aromatic carbocycles. The fourth-order valence-electron chi connectivity index (χ4n) is 1.89. The van der Waals surface area contributed by atoms with E-state index in [0.717, 1.165) is 11.3 Å². The van der Waals surface area contributed by atoms with Gasteiger partial charge in [0.2, 0.25) is 0 Å². The number of hydrogen-bond acceptors (Lipinski definition) is 2. The Balaban J connectivity index is 2.52. The Morgan fingerprint density at radius 1 is 1.24 bits per heavy atom. The number of aryl methyl sites for hydroxylation is 1. The molecule has 0 aliphatic rings. The molecular weight excluding hydrogens is 257 g/mol. The summed E-state index contributed by atoms with van der Waals surface area (Å²) in [6.07, 6.45) is 1.64. The lowest BCUT2D eigenvalue weighted by Crippen LogP contribution is -2.21. The molecule has 1 unspecified atom stereocenters. The van der Waals surface area contributed by atoms with Gasteiger partial charge < -0.3 is 5.32 Å². The zero-order chi connectivity index (χ0) is 12.4. The Hall–Kier alpha value is -1.03. The molecule has 1 N–H and O–H groups in total. The number of nitrogens with zero attached hydrogens (tertiary/aromatic N) is 2. The van der Waals surface area contributed by atoms with Crippen LogP contribution in [-0.2, 0) is 7.05 Å². The number of rotatable bonds is 3. The fraction of sp³-hybridized carbons (Fsp3) is 0.250. The van der Waals surface area contributed by atoms with Crippen molar-refractivity contribution in [2.24, 2.45) is 7.05 Å². The number of benzene rings is 1. The molecule has 0 bridgehead atoms. The molecule has 3 nitrogen and oxygen atoms in total. The van der Waals surface area contributed by atoms with Crippen molar-refractivity contribution in [2.75, 3.05) is 7.05 Å². The van der Waals surface area contributed by atoms with Crippen LogP contribution >= 0.6 is 23.2 Å². The standard InChI is InChI=1S/C12H13Cl2N3/c1-15-11(8-5-3-4-6-9(8)13)12-10(14)7-16-17(12)2/h3-7,11,15H,1-2H3. The first-order chi connectivity index (χ1) is 8.15. The summed E-state index contributed by atoms with van der Waals surface area (Å²) in [5.74, 6) is 0. The average molecular weight is 270 g/mol. The predicted octanol–water partition coefficient (Wildman–Crippen LogP) is 3.04. The third-order valence-corrected chi connectivity index (χ3v) is 3.35. The number of aromatic nitrogens is 2. The summed E-state index contributed by atoms with van der Waals surface area (Å²) in [5.41, 5.74) is 1.89. The summed E-state index contributed by atoms with van der Waals surface area (Å²) >= 11 is 12.4. The van der Waals surface area contributed by atoms with E-state index >= 15 is 0 Å². The molecule has 1 aromatic heterocycles. The lowest BCUT2D eigenvalue weighted by molar-refractivity contribution is 0.606. The molecule has 0 spiro atoms. The van der Waals surface area contributed by atoms with Gasteiger partial charge in [-0.25, -0.2) is 0 Å². The quantitative estimate of drug-likeness (QED) is 0.929. The molecule has 0 saturated carbocycles. The lowest BCUT2D eigenvalue weighted by Gasteiger charge is -2.18. The van der Waals surface area contributed by atoms with Crippen molar-refractivity contribution < 1.29 is 0 Å². The SMILES string of the molecule is CNC(c1ccccc1Cl)c1c(Cl)cnn1C. The first-order valence-electron chi connectivity index (χ1n) is 5.24. The zero-order valence-corrected chi connectivity index (χ0v) is 11.1. The Bertz CT molecular complexity index is 503. The molecule has 0 aliphatic carbocycles. The van der Waals surface area contributed by atoms with Crippen LogP contribution in [0.4, 0.5) is 0 Å². The second-order valence-electron chi connectivity index (χ2n) is 3.74. The maximum Gasteiger partial charge on any atom is 0.0837 e. The van der Waals surface area contributed by atoms with Crippen LogP contribution in [0, 0.1) is 0 Å². The van der Waals surface area contributed by atoms with Crippen LogP contribution in [0.3, 0.4) is 0 Å². The highest BCUT2D eigenvalue weighted by molar-refractivity contribution is 6.32. The normalized spacial score (nSPS) is 12.7. The molecule has 90 valence electrons. The van der Waals surface area contributed by atoms with Crippen molar-refractivity contribution in [1.82, 2.24) is 15.1 Å². The second-order valence-corrected chi connectivity index (χ2v) is 4.56. The molecule has 5 heteroatoms. The highest BCUT2D eigenvalue weighted by Crippen LogP contribution is 2.31. The molecule has 1 atom stereocenters. The van der Waals surface area contributed by atoms with Crippen LogP contribution in [-0.4, -0.2) is 16.8 Å². The van der Waals surface area contributed by atoms with E-state index in [1.165, 1.54) is 0 Å². The maximum atomic E-state index is 6.21. The Morgan fingerprint density at radius 3 is 2.47 bits per heavy atom. The van der Waals surface area contributed by atoms with Crippen LogP contribution in [0.15, 0.2) is 30.5 Å². The smallest absolute Gasteiger partial charge is 0.0837 e. The summed E-state index contributed by atoms with van der Waals surface area (Å²) in [7, 11) is 3.74. The zero-order valence-electron chi connectivity index (χ0n) is 9.61. The fourth-order valence-corrected chi connectivity index (χ4v) is 2.41. The van der Waals surface area contributed by atoms with E-state index in [0.29, 0.717) is 10.0 Å². The van der Waals surface area contributed by atoms with E-state index in [1.807, 2.05) is 38.4 Å². The third-order valence-electron chi connectivity index (χ3n) is 2.72. The van der Waals surface area contributed by atoms with E-state index in [4.69, 9.17) is 23.2 Å². The van der Waals surface area contributed by atoms with Gasteiger partial charge >= 0.3 is 0 Å². The molecular formula is C12H13Cl2N3. The topological polar surface area (TPSA) is 29.9 Å². The van der Waals surface area contributed by atoms with E-state index in [2.05, 4.69) is 10.4 Å². The van der Waals surface area contributed by atoms with E-state index in [1.54, 1.807) is 10.9 Å². The molecule has 0 fully saturated rings. The van der Waals surface area contributed by atoms with Crippen LogP contribution in [0.25, 0.3) is 0 Å². The van der Waals surface area contributed by atoms with Crippen LogP contribution in [0.1, 0.15) is 17.3 Å². The minimum Gasteiger partial charge on any atom is -0.308 e. The van der Waals surface area contributed by atoms with Gasteiger partial charge in [-0.2, -0.15) is 5.10 Å². The summed E-state index contributed by atoms with van der Waals surface area (Å²) in [6, 6.07) is 7.64. The van der Waals surface area contributed by atoms with Gasteiger partial charge in [0.25, 0.3) is 0 Å². The van der Waals surface area contributed by atoms with Crippen molar-refractivity contribution in [2.45, 2.75) is 6.04 Å². The van der Waals surface area contributed by atoms with Crippen LogP contribution < -0.4 is 5.32 Å². The van der Waals surface area contributed by atoms with Crippen LogP contribution in [0.2, 0.25) is 10.0 Å². The Morgan fingerprint density at radius 2 is 1.94 bits per heavy atom. The second kappa shape index (κ2) is 5.08. The minimum absolute atomic E-state index is 0.0660. The predicted molar refractivity (Wildman–Crippen MR) is 70.6 cm³/mol. The average Bonchev–Trinajstić information content (AvgIpc) is 2.64. The van der Waals surface area contributed by atoms with E-state index in [-0.39, 0.29) is 6.04 Å². The highest BCUT2D eigenvalue weighted by Gasteiger charge is 2.21. The Labute approximate surface area is 110 Å². The summed E-state index contributed by atoms with van der Waals surface area (Å²) in [6.45, 7) is 0. The van der Waals surface area contributed by atoms with Gasteiger partial charge in [-0.15, -0.1) is 0 Å². The van der Waals surface area contributed by atoms with Gasteiger partial charge in [-0.1, -0.05) is 41.4 Å². The van der Waals surface area contributed by atoms with Gasteiger partial charge in [0.15, 0.2) is 0 Å². The minimum atomic E-state index is -0.0660. The van der Waals surface area contributed by atoms with Crippen molar-refractivity contribution in [3.05, 3.63) is 51.8 Å². The van der Waals surface area contributed by atoms with E-state index < -0.39 is 0 Å². The number of nitrogens with one attached hydrogen (secondary N) is 1. The monoisotopic (exact) mass is 269 g/mol. The van der Waals surface area contributed by atoms with Gasteiger partial charge in [0.1, 0.15) is 0 Å². The summed E-state index contributed by atoms with van der Waals surface area (Å²) in [5, 5.41) is 8.70. The maximum absolute atomic E-state index is 6.21. The molecule has 2 aromatic rings. The third kappa shape index (κ3) is 2.32. The van der Waals surface area contributed by atoms with Crippen molar-refractivity contribution >= 4 is 23.2 Å². The molecule has 0 radical (unpaired) electrons. The summed E-state index contributed by atoms with van der Waals surface area (Å²) in [4.78, 5) is 0. The first-order valence-corrected chi connectivity index (χ1v) is 5.99. The van der Waals surface area contributed by atoms with Gasteiger partial charge in [-0.05, 0) is 18.7 Å². The first kappa shape index (κ1) is 12.4. The summed E-state index contributed by atoms with van der Waals surface area (Å²) < 4.78 is 1.76. The van der Waals surface area contributed by atoms with Crippen molar-refractivity contribution in [3.63, 3.8) is 0 Å². The van der Waals surface area contributed by atoms with Crippen molar-refractivity contribution in [3.8, 4) is 0 Å². The molecule has 2 rings (SSSR count). The molecule has 0 amide bonds. The molecule has 1 heterocycles. The Kier molecular flexibility index (Phi) is 3.72. The van der Waals surface area contributed by atoms with Gasteiger partial charge in [-0.3, -0.25) is 4.68 Å². The highest BCUT2D eigenvalue weighted by atomic mass is 35.5. The van der Waals surface area contributed by atoms with Gasteiger partial charge in [0.05, 0.1) is 23.0 Å². The number of halogens is 2. The van der Waals surface area contributed by atoms with Crippen LogP contribution in [0.5, 0.6) is 0 Å². The molecule has 0 saturated heterocycles. The molecule has 17 heavy (non-hydrogen) atoms. The van der Waals surface area contributed by atoms with Crippen molar-refractivity contribution in [1.29, 1.82) is 0 Å². The van der Waals surface area contributed by atoms with Gasteiger partial charge in [0, 0.05) is 12.1 Å².